The molecule has 100 valence electrons. The molecule has 1 amide bonds. The third-order valence-corrected chi connectivity index (χ3v) is 4.18. The number of carbonyl (C=O) groups is 1. The van der Waals surface area contributed by atoms with E-state index >= 15 is 0 Å². The molecule has 1 N–H and O–H groups in total. The Labute approximate surface area is 117 Å². The van der Waals surface area contributed by atoms with Crippen LogP contribution in [0.4, 0.5) is 0 Å². The van der Waals surface area contributed by atoms with Gasteiger partial charge in [-0.3, -0.25) is 4.79 Å². The second-order valence-electron chi connectivity index (χ2n) is 5.37. The second-order valence-corrected chi connectivity index (χ2v) is 5.80. The molecule has 0 atom stereocenters. The molecule has 0 bridgehead atoms. The minimum atomic E-state index is 0.125. The summed E-state index contributed by atoms with van der Waals surface area (Å²) in [5.41, 5.74) is 1.67. The van der Waals surface area contributed by atoms with E-state index in [2.05, 4.69) is 11.9 Å². The minimum Gasteiger partial charge on any atom is -0.360 e. The maximum atomic E-state index is 12.5. The van der Waals surface area contributed by atoms with E-state index in [1.807, 2.05) is 23.1 Å². The number of nitrogens with one attached hydrogen (secondary N) is 1. The monoisotopic (exact) mass is 276 g/mol. The fraction of sp³-hybridized carbons (Fsp3) is 0.400. The van der Waals surface area contributed by atoms with Crippen molar-refractivity contribution in [3.05, 3.63) is 35.0 Å². The standard InChI is InChI=1S/C15H17ClN2O/c1-10-4-6-18(7-5-10)15(19)13-9-17-14-8-11(16)2-3-12(13)14/h2-3,8-10,17H,4-7H2,1H3. The molecular weight excluding hydrogens is 260 g/mol. The molecule has 0 spiro atoms. The number of aromatic nitrogens is 1. The molecule has 1 aliphatic heterocycles. The molecule has 19 heavy (non-hydrogen) atoms. The van der Waals surface area contributed by atoms with Crippen molar-refractivity contribution in [1.29, 1.82) is 0 Å². The zero-order chi connectivity index (χ0) is 13.4. The Hall–Kier alpha value is -1.48. The van der Waals surface area contributed by atoms with E-state index in [0.29, 0.717) is 5.02 Å². The number of aromatic amines is 1. The number of piperidine rings is 1. The lowest BCUT2D eigenvalue weighted by molar-refractivity contribution is 0.0699. The number of nitrogens with zero attached hydrogens (tertiary/aromatic N) is 1. The number of halogens is 1. The van der Waals surface area contributed by atoms with Gasteiger partial charge in [-0.05, 0) is 30.9 Å². The van der Waals surface area contributed by atoms with Crippen molar-refractivity contribution in [2.75, 3.05) is 13.1 Å². The molecule has 1 fully saturated rings. The number of hydrogen-bond donors (Lipinski definition) is 1. The highest BCUT2D eigenvalue weighted by molar-refractivity contribution is 6.31. The number of benzene rings is 1. The maximum absolute atomic E-state index is 12.5. The molecule has 2 aromatic rings. The Balaban J connectivity index is 1.89. The first-order chi connectivity index (χ1) is 9.15. The van der Waals surface area contributed by atoms with Crippen LogP contribution in [0.2, 0.25) is 5.02 Å². The van der Waals surface area contributed by atoms with Crippen molar-refractivity contribution in [1.82, 2.24) is 9.88 Å². The number of fused-ring (bicyclic) bond motifs is 1. The molecule has 0 radical (unpaired) electrons. The van der Waals surface area contributed by atoms with Crippen molar-refractivity contribution in [3.63, 3.8) is 0 Å². The number of H-pyrrole nitrogens is 1. The van der Waals surface area contributed by atoms with Crippen LogP contribution in [0.15, 0.2) is 24.4 Å². The van der Waals surface area contributed by atoms with Crippen molar-refractivity contribution in [2.45, 2.75) is 19.8 Å². The normalized spacial score (nSPS) is 17.1. The average Bonchev–Trinajstić information content (AvgIpc) is 2.81. The molecule has 1 aromatic heterocycles. The molecule has 3 rings (SSSR count). The van der Waals surface area contributed by atoms with E-state index in [1.54, 1.807) is 6.20 Å². The summed E-state index contributed by atoms with van der Waals surface area (Å²) in [4.78, 5) is 17.6. The quantitative estimate of drug-likeness (QED) is 0.847. The van der Waals surface area contributed by atoms with Gasteiger partial charge >= 0.3 is 0 Å². The summed E-state index contributed by atoms with van der Waals surface area (Å²) in [5.74, 6) is 0.853. The van der Waals surface area contributed by atoms with Crippen molar-refractivity contribution in [3.8, 4) is 0 Å². The van der Waals surface area contributed by atoms with Crippen LogP contribution in [-0.2, 0) is 0 Å². The summed E-state index contributed by atoms with van der Waals surface area (Å²) >= 11 is 5.96. The van der Waals surface area contributed by atoms with Crippen LogP contribution in [-0.4, -0.2) is 28.9 Å². The summed E-state index contributed by atoms with van der Waals surface area (Å²) in [6.45, 7) is 3.97. The highest BCUT2D eigenvalue weighted by Gasteiger charge is 2.23. The number of amides is 1. The predicted molar refractivity (Wildman–Crippen MR) is 77.6 cm³/mol. The third-order valence-electron chi connectivity index (χ3n) is 3.95. The summed E-state index contributed by atoms with van der Waals surface area (Å²) in [5, 5.41) is 1.63. The van der Waals surface area contributed by atoms with Crippen molar-refractivity contribution >= 4 is 28.4 Å². The van der Waals surface area contributed by atoms with Crippen LogP contribution in [0.1, 0.15) is 30.1 Å². The van der Waals surface area contributed by atoms with Crippen LogP contribution in [0.3, 0.4) is 0 Å². The lowest BCUT2D eigenvalue weighted by Gasteiger charge is -2.30. The van der Waals surface area contributed by atoms with Gasteiger partial charge in [-0.2, -0.15) is 0 Å². The highest BCUT2D eigenvalue weighted by Crippen LogP contribution is 2.25. The Morgan fingerprint density at radius 1 is 1.37 bits per heavy atom. The van der Waals surface area contributed by atoms with E-state index in [9.17, 15) is 4.79 Å². The first-order valence-electron chi connectivity index (χ1n) is 6.71. The van der Waals surface area contributed by atoms with Gasteiger partial charge in [0.2, 0.25) is 0 Å². The van der Waals surface area contributed by atoms with Gasteiger partial charge in [0.15, 0.2) is 0 Å². The van der Waals surface area contributed by atoms with Crippen LogP contribution in [0.25, 0.3) is 10.9 Å². The van der Waals surface area contributed by atoms with E-state index in [1.165, 1.54) is 0 Å². The summed E-state index contributed by atoms with van der Waals surface area (Å²) in [7, 11) is 0. The number of rotatable bonds is 1. The second kappa shape index (κ2) is 4.89. The third kappa shape index (κ3) is 2.35. The molecule has 0 aliphatic carbocycles. The minimum absolute atomic E-state index is 0.125. The van der Waals surface area contributed by atoms with E-state index in [0.717, 1.165) is 48.3 Å². The summed E-state index contributed by atoms with van der Waals surface area (Å²) < 4.78 is 0. The van der Waals surface area contributed by atoms with Gasteiger partial charge in [0.1, 0.15) is 0 Å². The molecule has 2 heterocycles. The molecule has 1 saturated heterocycles. The predicted octanol–water partition coefficient (Wildman–Crippen LogP) is 3.69. The van der Waals surface area contributed by atoms with Crippen LogP contribution >= 0.6 is 11.6 Å². The zero-order valence-electron chi connectivity index (χ0n) is 10.9. The number of carbonyl (C=O) groups excluding carboxylic acids is 1. The Kier molecular flexibility index (Phi) is 3.23. The Morgan fingerprint density at radius 3 is 2.84 bits per heavy atom. The smallest absolute Gasteiger partial charge is 0.256 e. The van der Waals surface area contributed by atoms with E-state index in [4.69, 9.17) is 11.6 Å². The molecule has 1 aromatic carbocycles. The topological polar surface area (TPSA) is 36.1 Å². The van der Waals surface area contributed by atoms with Gasteiger partial charge in [-0.1, -0.05) is 24.6 Å². The first-order valence-corrected chi connectivity index (χ1v) is 7.09. The van der Waals surface area contributed by atoms with Gasteiger partial charge in [-0.25, -0.2) is 0 Å². The number of likely N-dealkylation sites (tertiary alicyclic amines) is 1. The van der Waals surface area contributed by atoms with Gasteiger partial charge in [0.25, 0.3) is 5.91 Å². The van der Waals surface area contributed by atoms with Gasteiger partial charge in [-0.15, -0.1) is 0 Å². The maximum Gasteiger partial charge on any atom is 0.256 e. The summed E-state index contributed by atoms with van der Waals surface area (Å²) in [6, 6.07) is 5.59. The van der Waals surface area contributed by atoms with Gasteiger partial charge in [0.05, 0.1) is 5.56 Å². The summed E-state index contributed by atoms with van der Waals surface area (Å²) in [6.07, 6.45) is 3.99. The number of hydrogen-bond acceptors (Lipinski definition) is 1. The van der Waals surface area contributed by atoms with Gasteiger partial charge < -0.3 is 9.88 Å². The van der Waals surface area contributed by atoms with E-state index < -0.39 is 0 Å². The highest BCUT2D eigenvalue weighted by atomic mass is 35.5. The molecule has 0 unspecified atom stereocenters. The zero-order valence-corrected chi connectivity index (χ0v) is 11.7. The largest absolute Gasteiger partial charge is 0.360 e. The fourth-order valence-electron chi connectivity index (χ4n) is 2.66. The lowest BCUT2D eigenvalue weighted by Crippen LogP contribution is -2.37. The molecular formula is C15H17ClN2O. The van der Waals surface area contributed by atoms with Crippen LogP contribution in [0.5, 0.6) is 0 Å². The van der Waals surface area contributed by atoms with Gasteiger partial charge in [0, 0.05) is 35.2 Å². The Morgan fingerprint density at radius 2 is 2.11 bits per heavy atom. The van der Waals surface area contributed by atoms with E-state index in [-0.39, 0.29) is 5.91 Å². The lowest BCUT2D eigenvalue weighted by atomic mass is 9.98. The molecule has 4 heteroatoms. The van der Waals surface area contributed by atoms with Crippen LogP contribution < -0.4 is 0 Å². The van der Waals surface area contributed by atoms with Crippen molar-refractivity contribution < 1.29 is 4.79 Å². The molecule has 0 saturated carbocycles. The molecule has 3 nitrogen and oxygen atoms in total. The molecule has 1 aliphatic rings. The first kappa shape index (κ1) is 12.5. The average molecular weight is 277 g/mol. The van der Waals surface area contributed by atoms with Crippen LogP contribution in [0, 0.1) is 5.92 Å². The SMILES string of the molecule is CC1CCN(C(=O)c2c[nH]c3cc(Cl)ccc23)CC1. The Bertz CT molecular complexity index is 612. The fourth-order valence-corrected chi connectivity index (χ4v) is 2.83. The van der Waals surface area contributed by atoms with Crippen molar-refractivity contribution in [2.24, 2.45) is 5.92 Å².